The van der Waals surface area contributed by atoms with Crippen molar-refractivity contribution in [2.24, 2.45) is 4.99 Å². The molecule has 0 unspecified atom stereocenters. The summed E-state index contributed by atoms with van der Waals surface area (Å²) in [4.78, 5) is 13.3. The van der Waals surface area contributed by atoms with Crippen molar-refractivity contribution in [2.75, 3.05) is 13.6 Å². The maximum atomic E-state index is 5.59. The molecule has 0 fully saturated rings. The van der Waals surface area contributed by atoms with E-state index in [1.165, 1.54) is 10.6 Å². The van der Waals surface area contributed by atoms with Gasteiger partial charge in [-0.05, 0) is 32.4 Å². The van der Waals surface area contributed by atoms with Crippen molar-refractivity contribution in [3.8, 4) is 11.5 Å². The number of aryl methyl sites for hydroxylation is 3. The van der Waals surface area contributed by atoms with Crippen LogP contribution >= 0.6 is 35.3 Å². The topological polar surface area (TPSA) is 75.3 Å². The first-order valence-electron chi connectivity index (χ1n) is 9.01. The Labute approximate surface area is 186 Å². The largest absolute Gasteiger partial charge is 0.444 e. The molecule has 0 radical (unpaired) electrons. The van der Waals surface area contributed by atoms with Crippen LogP contribution in [0, 0.1) is 13.8 Å². The summed E-state index contributed by atoms with van der Waals surface area (Å²) in [7, 11) is 1.76. The molecule has 3 rings (SSSR count). The molecule has 28 heavy (non-hydrogen) atoms. The summed E-state index contributed by atoms with van der Waals surface area (Å²) in [6, 6.07) is 8.14. The van der Waals surface area contributed by atoms with E-state index in [-0.39, 0.29) is 24.0 Å². The average molecular weight is 511 g/mol. The van der Waals surface area contributed by atoms with Crippen molar-refractivity contribution in [3.05, 3.63) is 57.9 Å². The number of aliphatic imine (C=N–C) groups is 1. The zero-order valence-corrected chi connectivity index (χ0v) is 19.5. The van der Waals surface area contributed by atoms with Crippen molar-refractivity contribution >= 4 is 41.3 Å². The fourth-order valence-corrected chi connectivity index (χ4v) is 3.39. The van der Waals surface area contributed by atoms with Crippen LogP contribution in [0.3, 0.4) is 0 Å². The van der Waals surface area contributed by atoms with E-state index >= 15 is 0 Å². The maximum Gasteiger partial charge on any atom is 0.226 e. The second kappa shape index (κ2) is 11.2. The Kier molecular flexibility index (Phi) is 8.91. The molecule has 2 aromatic heterocycles. The normalized spacial score (nSPS) is 11.2. The lowest BCUT2D eigenvalue weighted by molar-refractivity contribution is 0.572. The van der Waals surface area contributed by atoms with Gasteiger partial charge in [0.05, 0.1) is 17.2 Å². The molecule has 0 aliphatic carbocycles. The molecule has 0 aliphatic heterocycles. The van der Waals surface area contributed by atoms with Crippen LogP contribution in [0.15, 0.2) is 45.3 Å². The molecule has 0 saturated carbocycles. The molecule has 0 spiro atoms. The first-order valence-corrected chi connectivity index (χ1v) is 9.89. The Hall–Kier alpha value is -1.94. The summed E-state index contributed by atoms with van der Waals surface area (Å²) in [5, 5.41) is 9.86. The van der Waals surface area contributed by atoms with Gasteiger partial charge in [-0.3, -0.25) is 4.99 Å². The summed E-state index contributed by atoms with van der Waals surface area (Å²) in [6.07, 6.45) is 3.67. The molecule has 0 atom stereocenters. The molecule has 8 heteroatoms. The minimum atomic E-state index is 0. The lowest BCUT2D eigenvalue weighted by Crippen LogP contribution is -2.37. The van der Waals surface area contributed by atoms with Gasteiger partial charge in [0, 0.05) is 36.7 Å². The fraction of sp³-hybridized carbons (Fsp3) is 0.350. The lowest BCUT2D eigenvalue weighted by Gasteiger charge is -2.10. The van der Waals surface area contributed by atoms with E-state index in [9.17, 15) is 0 Å². The van der Waals surface area contributed by atoms with Gasteiger partial charge in [-0.1, -0.05) is 17.7 Å². The van der Waals surface area contributed by atoms with Gasteiger partial charge in [-0.25, -0.2) is 9.97 Å². The number of nitrogens with zero attached hydrogens (tertiary/aromatic N) is 3. The second-order valence-corrected chi connectivity index (χ2v) is 7.29. The third-order valence-corrected chi connectivity index (χ3v) is 5.06. The van der Waals surface area contributed by atoms with E-state index in [1.54, 1.807) is 24.6 Å². The number of hydrogen-bond acceptors (Lipinski definition) is 5. The molecule has 1 aromatic carbocycles. The van der Waals surface area contributed by atoms with Crippen molar-refractivity contribution in [1.29, 1.82) is 0 Å². The SMILES string of the molecule is CN=C(NCCCc1nc(C)cs1)NCc1coc(-c2ccc(C)cc2)n1.I. The van der Waals surface area contributed by atoms with Crippen LogP contribution in [-0.4, -0.2) is 29.5 Å². The third kappa shape index (κ3) is 6.59. The number of guanidine groups is 1. The highest BCUT2D eigenvalue weighted by atomic mass is 127. The predicted molar refractivity (Wildman–Crippen MR) is 125 cm³/mol. The number of oxazole rings is 1. The van der Waals surface area contributed by atoms with Gasteiger partial charge < -0.3 is 15.1 Å². The highest BCUT2D eigenvalue weighted by Crippen LogP contribution is 2.19. The molecule has 0 amide bonds. The van der Waals surface area contributed by atoms with Gasteiger partial charge in [0.25, 0.3) is 0 Å². The summed E-state index contributed by atoms with van der Waals surface area (Å²) in [6.45, 7) is 5.48. The van der Waals surface area contributed by atoms with Crippen LogP contribution in [0.4, 0.5) is 0 Å². The lowest BCUT2D eigenvalue weighted by atomic mass is 10.1. The summed E-state index contributed by atoms with van der Waals surface area (Å²) < 4.78 is 5.59. The molecule has 0 bridgehead atoms. The van der Waals surface area contributed by atoms with Gasteiger partial charge in [0.2, 0.25) is 5.89 Å². The molecular formula is C20H26IN5OS. The third-order valence-electron chi connectivity index (χ3n) is 4.04. The van der Waals surface area contributed by atoms with Gasteiger partial charge in [0.15, 0.2) is 5.96 Å². The highest BCUT2D eigenvalue weighted by molar-refractivity contribution is 14.0. The first kappa shape index (κ1) is 22.4. The number of benzene rings is 1. The monoisotopic (exact) mass is 511 g/mol. The van der Waals surface area contributed by atoms with Crippen LogP contribution in [0.1, 0.15) is 28.4 Å². The molecule has 2 heterocycles. The summed E-state index contributed by atoms with van der Waals surface area (Å²) in [5.41, 5.74) is 4.13. The predicted octanol–water partition coefficient (Wildman–Crippen LogP) is 4.33. The molecule has 6 nitrogen and oxygen atoms in total. The second-order valence-electron chi connectivity index (χ2n) is 6.35. The van der Waals surface area contributed by atoms with Crippen molar-refractivity contribution in [3.63, 3.8) is 0 Å². The zero-order valence-electron chi connectivity index (χ0n) is 16.4. The van der Waals surface area contributed by atoms with Gasteiger partial charge in [-0.15, -0.1) is 35.3 Å². The first-order chi connectivity index (χ1) is 13.1. The van der Waals surface area contributed by atoms with Crippen molar-refractivity contribution in [2.45, 2.75) is 33.2 Å². The van der Waals surface area contributed by atoms with Crippen molar-refractivity contribution < 1.29 is 4.42 Å². The molecule has 0 saturated heterocycles. The van der Waals surface area contributed by atoms with E-state index in [2.05, 4.69) is 50.0 Å². The van der Waals surface area contributed by atoms with E-state index in [1.807, 2.05) is 19.1 Å². The van der Waals surface area contributed by atoms with Crippen LogP contribution < -0.4 is 10.6 Å². The Morgan fingerprint density at radius 3 is 2.61 bits per heavy atom. The molecule has 150 valence electrons. The summed E-state index contributed by atoms with van der Waals surface area (Å²) in [5.74, 6) is 1.39. The minimum Gasteiger partial charge on any atom is -0.444 e. The van der Waals surface area contributed by atoms with Gasteiger partial charge >= 0.3 is 0 Å². The van der Waals surface area contributed by atoms with Crippen LogP contribution in [0.25, 0.3) is 11.5 Å². The zero-order chi connectivity index (χ0) is 19.1. The Morgan fingerprint density at radius 1 is 1.14 bits per heavy atom. The molecule has 3 aromatic rings. The Balaban J connectivity index is 0.00000280. The number of nitrogens with one attached hydrogen (secondary N) is 2. The standard InChI is InChI=1S/C20H25N5OS.HI/c1-14-6-8-16(9-7-14)19-25-17(12-26-19)11-23-20(21-3)22-10-4-5-18-24-15(2)13-27-18;/h6-9,12-13H,4-5,10-11H2,1-3H3,(H2,21,22,23);1H. The van der Waals surface area contributed by atoms with Crippen LogP contribution in [0.5, 0.6) is 0 Å². The van der Waals surface area contributed by atoms with Gasteiger partial charge in [0.1, 0.15) is 6.26 Å². The summed E-state index contributed by atoms with van der Waals surface area (Å²) >= 11 is 1.72. The Bertz CT molecular complexity index is 888. The maximum absolute atomic E-state index is 5.59. The van der Waals surface area contributed by atoms with E-state index in [0.717, 1.165) is 42.3 Å². The van der Waals surface area contributed by atoms with E-state index in [4.69, 9.17) is 4.42 Å². The number of thiazole rings is 1. The number of aromatic nitrogens is 2. The molecular weight excluding hydrogens is 485 g/mol. The van der Waals surface area contributed by atoms with Crippen LogP contribution in [-0.2, 0) is 13.0 Å². The highest BCUT2D eigenvalue weighted by Gasteiger charge is 2.07. The quantitative estimate of drug-likeness (QED) is 0.214. The smallest absolute Gasteiger partial charge is 0.226 e. The van der Waals surface area contributed by atoms with Gasteiger partial charge in [-0.2, -0.15) is 0 Å². The van der Waals surface area contributed by atoms with E-state index < -0.39 is 0 Å². The number of rotatable bonds is 7. The minimum absolute atomic E-state index is 0. The average Bonchev–Trinajstić information content (AvgIpc) is 3.31. The van der Waals surface area contributed by atoms with Crippen molar-refractivity contribution in [1.82, 2.24) is 20.6 Å². The molecule has 2 N–H and O–H groups in total. The number of hydrogen-bond donors (Lipinski definition) is 2. The molecule has 0 aliphatic rings. The van der Waals surface area contributed by atoms with Crippen LogP contribution in [0.2, 0.25) is 0 Å². The number of halogens is 1. The van der Waals surface area contributed by atoms with E-state index in [0.29, 0.717) is 12.4 Å². The Morgan fingerprint density at radius 2 is 1.93 bits per heavy atom. The fourth-order valence-electron chi connectivity index (χ4n) is 2.58.